The lowest BCUT2D eigenvalue weighted by atomic mass is 10.1. The Morgan fingerprint density at radius 1 is 1.17 bits per heavy atom. The standard InChI is InChI=1S/C20H18N4O5/c1-23-18-14(24(20(23)29)15-8-9-16(25)22-19(15)28)7-6-13(21-18)12-4-2-11(3-5-12)10-17(26)27/h2-7,15H,8-10H2,1H3,(H,26,27)(H,22,25,28). The van der Waals surface area contributed by atoms with Gasteiger partial charge < -0.3 is 5.11 Å². The number of amides is 2. The molecule has 0 aliphatic carbocycles. The Balaban J connectivity index is 1.75. The van der Waals surface area contributed by atoms with E-state index in [-0.39, 0.29) is 30.9 Å². The zero-order valence-corrected chi connectivity index (χ0v) is 15.6. The number of imide groups is 1. The van der Waals surface area contributed by atoms with Gasteiger partial charge in [-0.1, -0.05) is 24.3 Å². The first-order valence-electron chi connectivity index (χ1n) is 9.08. The van der Waals surface area contributed by atoms with Crippen LogP contribution in [0.4, 0.5) is 0 Å². The van der Waals surface area contributed by atoms with Crippen LogP contribution in [-0.2, 0) is 27.9 Å². The van der Waals surface area contributed by atoms with Gasteiger partial charge in [0.15, 0.2) is 5.65 Å². The number of benzene rings is 1. The van der Waals surface area contributed by atoms with E-state index in [2.05, 4.69) is 10.3 Å². The lowest BCUT2D eigenvalue weighted by Crippen LogP contribution is -2.44. The highest BCUT2D eigenvalue weighted by atomic mass is 16.4. The molecule has 2 N–H and O–H groups in total. The number of aryl methyl sites for hydroxylation is 1. The highest BCUT2D eigenvalue weighted by Gasteiger charge is 2.31. The molecular formula is C20H18N4O5. The van der Waals surface area contributed by atoms with Crippen LogP contribution < -0.4 is 11.0 Å². The maximum atomic E-state index is 12.8. The number of fused-ring (bicyclic) bond motifs is 1. The number of nitrogens with one attached hydrogen (secondary N) is 1. The van der Waals surface area contributed by atoms with E-state index in [1.54, 1.807) is 43.4 Å². The first-order valence-corrected chi connectivity index (χ1v) is 9.08. The molecular weight excluding hydrogens is 376 g/mol. The average Bonchev–Trinajstić information content (AvgIpc) is 2.93. The number of nitrogens with zero attached hydrogens (tertiary/aromatic N) is 3. The molecule has 0 radical (unpaired) electrons. The van der Waals surface area contributed by atoms with E-state index in [9.17, 15) is 19.2 Å². The first kappa shape index (κ1) is 18.6. The molecule has 0 spiro atoms. The number of imidazole rings is 1. The Kier molecular flexibility index (Phi) is 4.50. The van der Waals surface area contributed by atoms with Gasteiger partial charge in [0.05, 0.1) is 17.6 Å². The predicted octanol–water partition coefficient (Wildman–Crippen LogP) is 1.01. The topological polar surface area (TPSA) is 123 Å². The third-order valence-corrected chi connectivity index (χ3v) is 5.05. The van der Waals surface area contributed by atoms with E-state index < -0.39 is 17.9 Å². The second kappa shape index (κ2) is 7.01. The third kappa shape index (κ3) is 3.31. The minimum absolute atomic E-state index is 0.0595. The van der Waals surface area contributed by atoms with Crippen molar-refractivity contribution in [2.24, 2.45) is 7.05 Å². The fourth-order valence-corrected chi connectivity index (χ4v) is 3.59. The Morgan fingerprint density at radius 2 is 1.90 bits per heavy atom. The fraction of sp³-hybridized carbons (Fsp3) is 0.250. The van der Waals surface area contributed by atoms with Crippen LogP contribution >= 0.6 is 0 Å². The molecule has 1 atom stereocenters. The van der Waals surface area contributed by atoms with E-state index in [4.69, 9.17) is 5.11 Å². The smallest absolute Gasteiger partial charge is 0.330 e. The van der Waals surface area contributed by atoms with Crippen molar-refractivity contribution >= 4 is 28.9 Å². The lowest BCUT2D eigenvalue weighted by molar-refractivity contribution is -0.137. The largest absolute Gasteiger partial charge is 0.481 e. The number of carbonyl (C=O) groups is 3. The van der Waals surface area contributed by atoms with E-state index in [0.717, 1.165) is 5.56 Å². The van der Waals surface area contributed by atoms with Gasteiger partial charge in [0.2, 0.25) is 11.8 Å². The van der Waals surface area contributed by atoms with Gasteiger partial charge in [-0.3, -0.25) is 28.8 Å². The van der Waals surface area contributed by atoms with Crippen molar-refractivity contribution in [1.29, 1.82) is 0 Å². The number of piperidine rings is 1. The molecule has 9 heteroatoms. The summed E-state index contributed by atoms with van der Waals surface area (Å²) in [4.78, 5) is 51.8. The lowest BCUT2D eigenvalue weighted by Gasteiger charge is -2.21. The first-order chi connectivity index (χ1) is 13.8. The molecule has 9 nitrogen and oxygen atoms in total. The molecule has 3 aromatic rings. The summed E-state index contributed by atoms with van der Waals surface area (Å²) in [6.45, 7) is 0. The van der Waals surface area contributed by atoms with E-state index >= 15 is 0 Å². The van der Waals surface area contributed by atoms with Gasteiger partial charge in [0.25, 0.3) is 0 Å². The Hall–Kier alpha value is -3.75. The van der Waals surface area contributed by atoms with Crippen molar-refractivity contribution in [1.82, 2.24) is 19.4 Å². The summed E-state index contributed by atoms with van der Waals surface area (Å²) in [5, 5.41) is 11.2. The average molecular weight is 394 g/mol. The zero-order chi connectivity index (χ0) is 20.7. The van der Waals surface area contributed by atoms with Gasteiger partial charge in [0, 0.05) is 19.0 Å². The summed E-state index contributed by atoms with van der Waals surface area (Å²) in [6, 6.07) is 9.73. The molecule has 1 aromatic carbocycles. The van der Waals surface area contributed by atoms with Crippen molar-refractivity contribution < 1.29 is 19.5 Å². The second-order valence-electron chi connectivity index (χ2n) is 6.99. The number of carboxylic acid groups (broad SMARTS) is 1. The maximum Gasteiger partial charge on any atom is 0.330 e. The van der Waals surface area contributed by atoms with Gasteiger partial charge in [0.1, 0.15) is 6.04 Å². The molecule has 0 bridgehead atoms. The van der Waals surface area contributed by atoms with Crippen LogP contribution in [0.15, 0.2) is 41.2 Å². The number of aliphatic carboxylic acids is 1. The Bertz CT molecular complexity index is 1210. The van der Waals surface area contributed by atoms with Gasteiger partial charge in [-0.05, 0) is 24.1 Å². The van der Waals surface area contributed by atoms with Crippen LogP contribution in [-0.4, -0.2) is 37.0 Å². The summed E-state index contributed by atoms with van der Waals surface area (Å²) >= 11 is 0. The molecule has 2 aromatic heterocycles. The van der Waals surface area contributed by atoms with Gasteiger partial charge in [-0.2, -0.15) is 0 Å². The summed E-state index contributed by atoms with van der Waals surface area (Å²) in [7, 11) is 1.58. The number of pyridine rings is 1. The van der Waals surface area contributed by atoms with Crippen LogP contribution in [0.3, 0.4) is 0 Å². The number of carboxylic acids is 1. The molecule has 1 fully saturated rings. The zero-order valence-electron chi connectivity index (χ0n) is 15.6. The SMILES string of the molecule is Cn1c(=O)n(C2CCC(=O)NC2=O)c2ccc(-c3ccc(CC(=O)O)cc3)nc21. The number of hydrogen-bond acceptors (Lipinski definition) is 5. The van der Waals surface area contributed by atoms with Gasteiger partial charge in [-0.15, -0.1) is 0 Å². The minimum atomic E-state index is -0.901. The van der Waals surface area contributed by atoms with Crippen molar-refractivity contribution in [3.8, 4) is 11.3 Å². The molecule has 1 aliphatic heterocycles. The summed E-state index contributed by atoms with van der Waals surface area (Å²) < 4.78 is 2.76. The van der Waals surface area contributed by atoms with E-state index in [1.807, 2.05) is 0 Å². The number of carbonyl (C=O) groups excluding carboxylic acids is 2. The van der Waals surface area contributed by atoms with Crippen LogP contribution in [0, 0.1) is 0 Å². The quantitative estimate of drug-likeness (QED) is 0.637. The molecule has 0 saturated carbocycles. The third-order valence-electron chi connectivity index (χ3n) is 5.05. The van der Waals surface area contributed by atoms with Gasteiger partial charge >= 0.3 is 11.7 Å². The van der Waals surface area contributed by atoms with Crippen LogP contribution in [0.5, 0.6) is 0 Å². The number of aromatic nitrogens is 3. The normalized spacial score (nSPS) is 16.8. The van der Waals surface area contributed by atoms with Crippen molar-refractivity contribution in [3.05, 3.63) is 52.4 Å². The summed E-state index contributed by atoms with van der Waals surface area (Å²) in [5.41, 5.74) is 2.64. The maximum absolute atomic E-state index is 12.8. The Morgan fingerprint density at radius 3 is 2.55 bits per heavy atom. The van der Waals surface area contributed by atoms with E-state index in [0.29, 0.717) is 22.4 Å². The van der Waals surface area contributed by atoms with Crippen LogP contribution in [0.2, 0.25) is 0 Å². The summed E-state index contributed by atoms with van der Waals surface area (Å²) in [5.74, 6) is -1.73. The second-order valence-corrected chi connectivity index (χ2v) is 6.99. The van der Waals surface area contributed by atoms with Crippen molar-refractivity contribution in [2.75, 3.05) is 0 Å². The van der Waals surface area contributed by atoms with E-state index in [1.165, 1.54) is 9.13 Å². The highest BCUT2D eigenvalue weighted by Crippen LogP contribution is 2.25. The summed E-state index contributed by atoms with van der Waals surface area (Å²) in [6.07, 6.45) is 0.375. The monoisotopic (exact) mass is 394 g/mol. The number of hydrogen-bond donors (Lipinski definition) is 2. The molecule has 1 saturated heterocycles. The van der Waals surface area contributed by atoms with Crippen molar-refractivity contribution in [3.63, 3.8) is 0 Å². The van der Waals surface area contributed by atoms with Crippen molar-refractivity contribution in [2.45, 2.75) is 25.3 Å². The molecule has 1 unspecified atom stereocenters. The Labute approximate surface area is 164 Å². The minimum Gasteiger partial charge on any atom is -0.481 e. The molecule has 4 rings (SSSR count). The van der Waals surface area contributed by atoms with Crippen LogP contribution in [0.25, 0.3) is 22.4 Å². The molecule has 1 aliphatic rings. The molecule has 2 amide bonds. The molecule has 29 heavy (non-hydrogen) atoms. The van der Waals surface area contributed by atoms with Gasteiger partial charge in [-0.25, -0.2) is 9.78 Å². The number of rotatable bonds is 4. The molecule has 148 valence electrons. The molecule has 3 heterocycles. The fourth-order valence-electron chi connectivity index (χ4n) is 3.59. The predicted molar refractivity (Wildman–Crippen MR) is 103 cm³/mol. The highest BCUT2D eigenvalue weighted by molar-refractivity contribution is 6.00. The van der Waals surface area contributed by atoms with Crippen LogP contribution in [0.1, 0.15) is 24.4 Å².